The Morgan fingerprint density at radius 1 is 1.35 bits per heavy atom. The average molecular weight is 275 g/mol. The van der Waals surface area contributed by atoms with Crippen molar-refractivity contribution in [2.75, 3.05) is 18.0 Å². The Morgan fingerprint density at radius 2 is 2.10 bits per heavy atom. The number of nitrogens with one attached hydrogen (secondary N) is 1. The van der Waals surface area contributed by atoms with E-state index in [1.54, 1.807) is 0 Å². The highest BCUT2D eigenvalue weighted by molar-refractivity contribution is 5.47. The van der Waals surface area contributed by atoms with Crippen molar-refractivity contribution in [3.8, 4) is 0 Å². The Hall–Kier alpha value is -1.13. The van der Waals surface area contributed by atoms with Gasteiger partial charge in [-0.1, -0.05) is 6.07 Å². The molecule has 1 aliphatic carbocycles. The van der Waals surface area contributed by atoms with Crippen molar-refractivity contribution < 1.29 is 5.11 Å². The zero-order chi connectivity index (χ0) is 13.9. The maximum Gasteiger partial charge on any atom is 0.133 e. The molecule has 1 aromatic rings. The largest absolute Gasteiger partial charge is 0.393 e. The van der Waals surface area contributed by atoms with Gasteiger partial charge in [0.15, 0.2) is 0 Å². The van der Waals surface area contributed by atoms with Crippen LogP contribution in [0.2, 0.25) is 0 Å². The summed E-state index contributed by atoms with van der Waals surface area (Å²) < 4.78 is 0. The summed E-state index contributed by atoms with van der Waals surface area (Å²) in [5, 5.41) is 13.3. The van der Waals surface area contributed by atoms with Crippen molar-refractivity contribution in [1.29, 1.82) is 0 Å². The van der Waals surface area contributed by atoms with Crippen LogP contribution in [-0.2, 0) is 6.54 Å². The molecule has 2 N–H and O–H groups in total. The van der Waals surface area contributed by atoms with E-state index in [4.69, 9.17) is 0 Å². The number of rotatable bonds is 5. The van der Waals surface area contributed by atoms with Gasteiger partial charge < -0.3 is 15.3 Å². The molecule has 2 aliphatic rings. The SMILES string of the molecule is CC(O)C1CCN(c2ncccc2CNC2CC2)CC1. The van der Waals surface area contributed by atoms with E-state index < -0.39 is 0 Å². The first-order valence-electron chi connectivity index (χ1n) is 7.84. The highest BCUT2D eigenvalue weighted by Crippen LogP contribution is 2.27. The number of aliphatic hydroxyl groups excluding tert-OH is 1. The van der Waals surface area contributed by atoms with E-state index in [0.717, 1.165) is 44.3 Å². The molecule has 2 heterocycles. The lowest BCUT2D eigenvalue weighted by atomic mass is 9.92. The minimum Gasteiger partial charge on any atom is -0.393 e. The minimum atomic E-state index is -0.183. The smallest absolute Gasteiger partial charge is 0.133 e. The van der Waals surface area contributed by atoms with E-state index in [1.807, 2.05) is 19.2 Å². The zero-order valence-electron chi connectivity index (χ0n) is 12.3. The van der Waals surface area contributed by atoms with Gasteiger partial charge >= 0.3 is 0 Å². The molecule has 3 rings (SSSR count). The van der Waals surface area contributed by atoms with Crippen LogP contribution in [0.25, 0.3) is 0 Å². The summed E-state index contributed by atoms with van der Waals surface area (Å²) in [5.74, 6) is 1.58. The van der Waals surface area contributed by atoms with Gasteiger partial charge in [0.1, 0.15) is 5.82 Å². The first-order chi connectivity index (χ1) is 9.74. The Bertz CT molecular complexity index is 437. The molecule has 0 radical (unpaired) electrons. The van der Waals surface area contributed by atoms with Gasteiger partial charge in [0.25, 0.3) is 0 Å². The fraction of sp³-hybridized carbons (Fsp3) is 0.688. The standard InChI is InChI=1S/C16H25N3O/c1-12(20)13-6-9-19(10-7-13)16-14(3-2-8-17-16)11-18-15-4-5-15/h2-3,8,12-13,15,18,20H,4-7,9-11H2,1H3. The highest BCUT2D eigenvalue weighted by atomic mass is 16.3. The first-order valence-corrected chi connectivity index (χ1v) is 7.84. The maximum atomic E-state index is 9.70. The average Bonchev–Trinajstić information content (AvgIpc) is 3.30. The number of piperidine rings is 1. The second-order valence-electron chi connectivity index (χ2n) is 6.21. The minimum absolute atomic E-state index is 0.183. The third kappa shape index (κ3) is 3.30. The zero-order valence-corrected chi connectivity index (χ0v) is 12.3. The van der Waals surface area contributed by atoms with Crippen LogP contribution in [-0.4, -0.2) is 35.3 Å². The van der Waals surface area contributed by atoms with Crippen molar-refractivity contribution >= 4 is 5.82 Å². The van der Waals surface area contributed by atoms with Gasteiger partial charge in [0.05, 0.1) is 6.10 Å². The van der Waals surface area contributed by atoms with Crippen LogP contribution >= 0.6 is 0 Å². The van der Waals surface area contributed by atoms with Crippen LogP contribution in [0, 0.1) is 5.92 Å². The first kappa shape index (κ1) is 13.8. The third-order valence-electron chi connectivity index (χ3n) is 4.55. The summed E-state index contributed by atoms with van der Waals surface area (Å²) in [6.07, 6.45) is 6.45. The van der Waals surface area contributed by atoms with Crippen molar-refractivity contribution in [2.24, 2.45) is 5.92 Å². The highest BCUT2D eigenvalue weighted by Gasteiger charge is 2.25. The van der Waals surface area contributed by atoms with Crippen LogP contribution < -0.4 is 10.2 Å². The van der Waals surface area contributed by atoms with E-state index in [0.29, 0.717) is 5.92 Å². The summed E-state index contributed by atoms with van der Waals surface area (Å²) in [7, 11) is 0. The second kappa shape index (κ2) is 6.10. The van der Waals surface area contributed by atoms with Gasteiger partial charge in [-0.3, -0.25) is 0 Å². The number of anilines is 1. The van der Waals surface area contributed by atoms with Crippen LogP contribution in [0.3, 0.4) is 0 Å². The quantitative estimate of drug-likeness (QED) is 0.862. The molecule has 0 aromatic carbocycles. The number of aliphatic hydroxyl groups is 1. The predicted molar refractivity (Wildman–Crippen MR) is 80.7 cm³/mol. The molecule has 2 fully saturated rings. The lowest BCUT2D eigenvalue weighted by Gasteiger charge is -2.35. The molecular weight excluding hydrogens is 250 g/mol. The van der Waals surface area contributed by atoms with Crippen molar-refractivity contribution in [3.63, 3.8) is 0 Å². The van der Waals surface area contributed by atoms with E-state index in [9.17, 15) is 5.11 Å². The molecule has 1 saturated carbocycles. The summed E-state index contributed by atoms with van der Waals surface area (Å²) in [6, 6.07) is 4.93. The van der Waals surface area contributed by atoms with Gasteiger partial charge in [-0.2, -0.15) is 0 Å². The second-order valence-corrected chi connectivity index (χ2v) is 6.21. The summed E-state index contributed by atoms with van der Waals surface area (Å²) in [6.45, 7) is 4.84. The number of nitrogens with zero attached hydrogens (tertiary/aromatic N) is 2. The maximum absolute atomic E-state index is 9.70. The van der Waals surface area contributed by atoms with Crippen LogP contribution in [0.1, 0.15) is 38.2 Å². The molecular formula is C16H25N3O. The van der Waals surface area contributed by atoms with Crippen LogP contribution in [0.5, 0.6) is 0 Å². The fourth-order valence-corrected chi connectivity index (χ4v) is 2.99. The number of pyridine rings is 1. The normalized spacial score (nSPS) is 22.0. The van der Waals surface area contributed by atoms with Gasteiger partial charge in [0.2, 0.25) is 0 Å². The van der Waals surface area contributed by atoms with E-state index in [1.165, 1.54) is 18.4 Å². The third-order valence-corrected chi connectivity index (χ3v) is 4.55. The van der Waals surface area contributed by atoms with Gasteiger partial charge in [-0.15, -0.1) is 0 Å². The van der Waals surface area contributed by atoms with Crippen LogP contribution in [0.15, 0.2) is 18.3 Å². The summed E-state index contributed by atoms with van der Waals surface area (Å²) >= 11 is 0. The Kier molecular flexibility index (Phi) is 4.22. The molecule has 110 valence electrons. The molecule has 4 heteroatoms. The molecule has 0 spiro atoms. The molecule has 0 amide bonds. The molecule has 0 bridgehead atoms. The number of hydrogen-bond acceptors (Lipinski definition) is 4. The number of aromatic nitrogens is 1. The molecule has 1 aromatic heterocycles. The van der Waals surface area contributed by atoms with Crippen LogP contribution in [0.4, 0.5) is 5.82 Å². The Labute approximate surface area is 121 Å². The van der Waals surface area contributed by atoms with E-state index in [-0.39, 0.29) is 6.10 Å². The van der Waals surface area contributed by atoms with E-state index >= 15 is 0 Å². The van der Waals surface area contributed by atoms with Crippen molar-refractivity contribution in [1.82, 2.24) is 10.3 Å². The van der Waals surface area contributed by atoms with Gasteiger partial charge in [0, 0.05) is 37.4 Å². The molecule has 1 unspecified atom stereocenters. The van der Waals surface area contributed by atoms with Crippen molar-refractivity contribution in [3.05, 3.63) is 23.9 Å². The fourth-order valence-electron chi connectivity index (χ4n) is 2.99. The molecule has 20 heavy (non-hydrogen) atoms. The molecule has 1 saturated heterocycles. The lowest BCUT2D eigenvalue weighted by Crippen LogP contribution is -2.38. The van der Waals surface area contributed by atoms with Gasteiger partial charge in [-0.25, -0.2) is 4.98 Å². The Morgan fingerprint density at radius 3 is 2.75 bits per heavy atom. The topological polar surface area (TPSA) is 48.4 Å². The van der Waals surface area contributed by atoms with E-state index in [2.05, 4.69) is 21.3 Å². The predicted octanol–water partition coefficient (Wildman–Crippen LogP) is 1.93. The lowest BCUT2D eigenvalue weighted by molar-refractivity contribution is 0.109. The molecule has 4 nitrogen and oxygen atoms in total. The summed E-state index contributed by atoms with van der Waals surface area (Å²) in [5.41, 5.74) is 1.30. The van der Waals surface area contributed by atoms with Gasteiger partial charge in [-0.05, 0) is 44.6 Å². The summed E-state index contributed by atoms with van der Waals surface area (Å²) in [4.78, 5) is 6.97. The van der Waals surface area contributed by atoms with Crippen molar-refractivity contribution in [2.45, 2.75) is 51.3 Å². The molecule has 1 atom stereocenters. The molecule has 1 aliphatic heterocycles. The Balaban J connectivity index is 1.64. The number of hydrogen-bond donors (Lipinski definition) is 2. The monoisotopic (exact) mass is 275 g/mol.